The molecule has 1 aromatic carbocycles. The van der Waals surface area contributed by atoms with Crippen molar-refractivity contribution in [3.05, 3.63) is 44.1 Å². The zero-order valence-corrected chi connectivity index (χ0v) is 14.2. The molecule has 2 rings (SSSR count). The monoisotopic (exact) mass is 353 g/mol. The Bertz CT molecular complexity index is 828. The summed E-state index contributed by atoms with van der Waals surface area (Å²) in [5.74, 6) is -0.108. The second kappa shape index (κ2) is 8.65. The smallest absolute Gasteiger partial charge is 0.328 e. The minimum atomic E-state index is -0.504. The lowest BCUT2D eigenvalue weighted by Crippen LogP contribution is -2.35. The van der Waals surface area contributed by atoms with Gasteiger partial charge in [-0.05, 0) is 31.0 Å². The van der Waals surface area contributed by atoms with Gasteiger partial charge in [-0.15, -0.1) is 0 Å². The fourth-order valence-corrected chi connectivity index (χ4v) is 2.53. The van der Waals surface area contributed by atoms with Crippen LogP contribution in [0.4, 0.5) is 0 Å². The van der Waals surface area contributed by atoms with Crippen LogP contribution in [0.15, 0.2) is 27.8 Å². The van der Waals surface area contributed by atoms with Gasteiger partial charge in [-0.1, -0.05) is 11.6 Å². The van der Waals surface area contributed by atoms with Gasteiger partial charge in [0, 0.05) is 38.2 Å². The third-order valence-corrected chi connectivity index (χ3v) is 3.81. The van der Waals surface area contributed by atoms with Gasteiger partial charge in [0.2, 0.25) is 5.91 Å². The van der Waals surface area contributed by atoms with Crippen molar-refractivity contribution in [1.29, 1.82) is 0 Å². The van der Waals surface area contributed by atoms with E-state index in [1.54, 1.807) is 19.2 Å². The molecule has 0 aliphatic heterocycles. The molecule has 0 spiro atoms. The maximum atomic E-state index is 12.4. The molecule has 2 N–H and O–H groups in total. The Balaban J connectivity index is 1.98. The molecule has 8 heteroatoms. The standard InChI is InChI=1S/C16H20ClN3O4/c1-24-9-3-7-18-14(21)4-2-8-20-15(22)12-6-5-11(17)10-13(12)19-16(20)23/h5-6,10H,2-4,7-9H2,1H3,(H,18,21)(H,19,23). The topological polar surface area (TPSA) is 93.2 Å². The van der Waals surface area contributed by atoms with Crippen LogP contribution in [0.5, 0.6) is 0 Å². The first-order chi connectivity index (χ1) is 11.5. The summed E-state index contributed by atoms with van der Waals surface area (Å²) >= 11 is 5.86. The molecule has 1 heterocycles. The minimum Gasteiger partial charge on any atom is -0.385 e. The molecule has 0 aliphatic carbocycles. The number of fused-ring (bicyclic) bond motifs is 1. The summed E-state index contributed by atoms with van der Waals surface area (Å²) in [7, 11) is 1.61. The highest BCUT2D eigenvalue weighted by atomic mass is 35.5. The lowest BCUT2D eigenvalue weighted by atomic mass is 10.2. The largest absolute Gasteiger partial charge is 0.385 e. The van der Waals surface area contributed by atoms with E-state index in [9.17, 15) is 14.4 Å². The van der Waals surface area contributed by atoms with Crippen LogP contribution in [-0.4, -0.2) is 35.7 Å². The van der Waals surface area contributed by atoms with Crippen molar-refractivity contribution in [2.45, 2.75) is 25.8 Å². The molecule has 0 saturated carbocycles. The highest BCUT2D eigenvalue weighted by Crippen LogP contribution is 2.13. The molecular formula is C16H20ClN3O4. The normalized spacial score (nSPS) is 10.9. The number of methoxy groups -OCH3 is 1. The Labute approximate surface area is 143 Å². The third-order valence-electron chi connectivity index (χ3n) is 3.58. The lowest BCUT2D eigenvalue weighted by molar-refractivity contribution is -0.121. The molecule has 2 aromatic rings. The number of halogens is 1. The van der Waals surface area contributed by atoms with E-state index in [2.05, 4.69) is 10.3 Å². The van der Waals surface area contributed by atoms with Gasteiger partial charge in [-0.2, -0.15) is 0 Å². The molecule has 0 unspecified atom stereocenters. The van der Waals surface area contributed by atoms with Gasteiger partial charge in [0.15, 0.2) is 0 Å². The quantitative estimate of drug-likeness (QED) is 0.699. The number of rotatable bonds is 8. The van der Waals surface area contributed by atoms with Crippen molar-refractivity contribution in [1.82, 2.24) is 14.9 Å². The van der Waals surface area contributed by atoms with E-state index in [4.69, 9.17) is 16.3 Å². The molecule has 1 aromatic heterocycles. The number of hydrogen-bond acceptors (Lipinski definition) is 4. The molecular weight excluding hydrogens is 334 g/mol. The van der Waals surface area contributed by atoms with Crippen molar-refractivity contribution in [2.24, 2.45) is 0 Å². The first-order valence-electron chi connectivity index (χ1n) is 7.71. The Morgan fingerprint density at radius 1 is 1.33 bits per heavy atom. The van der Waals surface area contributed by atoms with Crippen LogP contribution in [0, 0.1) is 0 Å². The SMILES string of the molecule is COCCCNC(=O)CCCn1c(=O)[nH]c2cc(Cl)ccc2c1=O. The molecule has 130 valence electrons. The average molecular weight is 354 g/mol. The Morgan fingerprint density at radius 2 is 2.12 bits per heavy atom. The molecule has 24 heavy (non-hydrogen) atoms. The summed E-state index contributed by atoms with van der Waals surface area (Å²) in [5, 5.41) is 3.60. The predicted molar refractivity (Wildman–Crippen MR) is 92.6 cm³/mol. The number of aromatic nitrogens is 2. The lowest BCUT2D eigenvalue weighted by Gasteiger charge is -2.07. The molecule has 0 aliphatic rings. The molecule has 0 saturated heterocycles. The molecule has 0 radical (unpaired) electrons. The number of amides is 1. The van der Waals surface area contributed by atoms with Crippen molar-refractivity contribution in [3.63, 3.8) is 0 Å². The number of ether oxygens (including phenoxy) is 1. The number of aromatic amines is 1. The Kier molecular flexibility index (Phi) is 6.57. The molecule has 0 bridgehead atoms. The number of carbonyl (C=O) groups is 1. The molecule has 7 nitrogen and oxygen atoms in total. The number of hydrogen-bond donors (Lipinski definition) is 2. The van der Waals surface area contributed by atoms with Crippen molar-refractivity contribution >= 4 is 28.4 Å². The van der Waals surface area contributed by atoms with E-state index in [1.165, 1.54) is 6.07 Å². The van der Waals surface area contributed by atoms with Crippen molar-refractivity contribution < 1.29 is 9.53 Å². The fraction of sp³-hybridized carbons (Fsp3) is 0.438. The van der Waals surface area contributed by atoms with Crippen LogP contribution in [0.3, 0.4) is 0 Å². The minimum absolute atomic E-state index is 0.108. The second-order valence-electron chi connectivity index (χ2n) is 5.38. The zero-order chi connectivity index (χ0) is 17.5. The van der Waals surface area contributed by atoms with Crippen LogP contribution >= 0.6 is 11.6 Å². The zero-order valence-electron chi connectivity index (χ0n) is 13.4. The summed E-state index contributed by atoms with van der Waals surface area (Å²) in [6.07, 6.45) is 1.39. The average Bonchev–Trinajstić information content (AvgIpc) is 2.54. The van der Waals surface area contributed by atoms with E-state index in [0.29, 0.717) is 35.5 Å². The number of H-pyrrole nitrogens is 1. The van der Waals surface area contributed by atoms with Gasteiger partial charge in [0.25, 0.3) is 5.56 Å². The fourth-order valence-electron chi connectivity index (χ4n) is 2.36. The Morgan fingerprint density at radius 3 is 2.88 bits per heavy atom. The van der Waals surface area contributed by atoms with Crippen molar-refractivity contribution in [2.75, 3.05) is 20.3 Å². The van der Waals surface area contributed by atoms with E-state index >= 15 is 0 Å². The number of nitrogens with one attached hydrogen (secondary N) is 2. The number of nitrogens with zero attached hydrogens (tertiary/aromatic N) is 1. The predicted octanol–water partition coefficient (Wildman–Crippen LogP) is 1.28. The molecule has 1 amide bonds. The van der Waals surface area contributed by atoms with Gasteiger partial charge in [-0.25, -0.2) is 4.79 Å². The summed E-state index contributed by atoms with van der Waals surface area (Å²) in [4.78, 5) is 38.7. The maximum Gasteiger partial charge on any atom is 0.328 e. The van der Waals surface area contributed by atoms with Gasteiger partial charge in [0.05, 0.1) is 10.9 Å². The van der Waals surface area contributed by atoms with Crippen LogP contribution < -0.4 is 16.6 Å². The summed E-state index contributed by atoms with van der Waals surface area (Å²) in [5.41, 5.74) is -0.481. The van der Waals surface area contributed by atoms with E-state index in [1.807, 2.05) is 0 Å². The van der Waals surface area contributed by atoms with Gasteiger partial charge in [0.1, 0.15) is 0 Å². The van der Waals surface area contributed by atoms with Gasteiger partial charge in [-0.3, -0.25) is 14.2 Å². The molecule has 0 atom stereocenters. The second-order valence-corrected chi connectivity index (χ2v) is 5.81. The number of benzene rings is 1. The van der Waals surface area contributed by atoms with Crippen LogP contribution in [0.1, 0.15) is 19.3 Å². The summed E-state index contributed by atoms with van der Waals surface area (Å²) in [6, 6.07) is 4.72. The first-order valence-corrected chi connectivity index (χ1v) is 8.08. The van der Waals surface area contributed by atoms with Crippen LogP contribution in [0.2, 0.25) is 5.02 Å². The van der Waals surface area contributed by atoms with Gasteiger partial charge < -0.3 is 15.0 Å². The Hall–Kier alpha value is -2.12. The molecule has 0 fully saturated rings. The summed E-state index contributed by atoms with van der Waals surface area (Å²) < 4.78 is 6.00. The van der Waals surface area contributed by atoms with E-state index in [0.717, 1.165) is 11.0 Å². The maximum absolute atomic E-state index is 12.4. The highest BCUT2D eigenvalue weighted by molar-refractivity contribution is 6.31. The first kappa shape index (κ1) is 18.2. The van der Waals surface area contributed by atoms with Crippen LogP contribution in [0.25, 0.3) is 10.9 Å². The van der Waals surface area contributed by atoms with E-state index in [-0.39, 0.29) is 24.4 Å². The van der Waals surface area contributed by atoms with Gasteiger partial charge >= 0.3 is 5.69 Å². The third kappa shape index (κ3) is 4.69. The van der Waals surface area contributed by atoms with E-state index < -0.39 is 5.69 Å². The highest BCUT2D eigenvalue weighted by Gasteiger charge is 2.09. The van der Waals surface area contributed by atoms with Crippen LogP contribution in [-0.2, 0) is 16.1 Å². The summed E-state index contributed by atoms with van der Waals surface area (Å²) in [6.45, 7) is 1.31. The van der Waals surface area contributed by atoms with Crippen molar-refractivity contribution in [3.8, 4) is 0 Å². The number of carbonyl (C=O) groups excluding carboxylic acids is 1.